The molecule has 3 aliphatic rings. The van der Waals surface area contributed by atoms with Gasteiger partial charge in [-0.25, -0.2) is 0 Å². The van der Waals surface area contributed by atoms with Gasteiger partial charge in [-0.05, 0) is 0 Å². The van der Waals surface area contributed by atoms with Gasteiger partial charge in [-0.1, -0.05) is 0 Å². The summed E-state index contributed by atoms with van der Waals surface area (Å²) in [6.07, 6.45) is 0. The third-order valence-electron chi connectivity index (χ3n) is 6.11. The Hall–Kier alpha value is -2.88. The van der Waals surface area contributed by atoms with Crippen molar-refractivity contribution < 1.29 is 4.74 Å². The molecule has 33 heavy (non-hydrogen) atoms. The number of hydrogen-bond donors (Lipinski definition) is 0. The van der Waals surface area contributed by atoms with Crippen molar-refractivity contribution in [3.05, 3.63) is 71.6 Å². The van der Waals surface area contributed by atoms with Crippen LogP contribution in [0.1, 0.15) is 19.4 Å². The maximum absolute atomic E-state index is 6.09. The van der Waals surface area contributed by atoms with E-state index in [0.717, 1.165) is 11.5 Å². The van der Waals surface area contributed by atoms with Crippen LogP contribution in [0.2, 0.25) is 0 Å². The van der Waals surface area contributed by atoms with E-state index in [-0.39, 0.29) is 20.0 Å². The molecule has 0 bridgehead atoms. The number of rotatable bonds is 3. The molecule has 2 aliphatic heterocycles. The Balaban J connectivity index is 1.87. The van der Waals surface area contributed by atoms with Crippen molar-refractivity contribution in [3.63, 3.8) is 0 Å². The summed E-state index contributed by atoms with van der Waals surface area (Å²) in [4.78, 5) is 7.08. The van der Waals surface area contributed by atoms with Crippen molar-refractivity contribution >= 4 is 35.7 Å². The first-order valence-electron chi connectivity index (χ1n) is 11.2. The number of nitrogens with zero attached hydrogens (tertiary/aromatic N) is 3. The summed E-state index contributed by atoms with van der Waals surface area (Å²) in [5.41, 5.74) is 5.88. The normalized spacial score (nSPS) is 14.9. The molecule has 0 amide bonds. The SMILES string of the molecule is CN(C)c1ccc2c(-c3ccccc3C3=NC(C)(C)CO3)c3ccc(=[N+](C)C)cc-3[se]c2c1. The summed E-state index contributed by atoms with van der Waals surface area (Å²) in [6.45, 7) is 4.85. The fourth-order valence-electron chi connectivity index (χ4n) is 4.32. The minimum absolute atomic E-state index is 0.195. The van der Waals surface area contributed by atoms with Crippen LogP contribution in [0.4, 0.5) is 5.69 Å². The van der Waals surface area contributed by atoms with Crippen LogP contribution < -0.4 is 14.8 Å². The topological polar surface area (TPSA) is 27.8 Å². The van der Waals surface area contributed by atoms with E-state index in [1.807, 2.05) is 0 Å². The van der Waals surface area contributed by atoms with Gasteiger partial charge in [0.2, 0.25) is 0 Å². The molecule has 2 aromatic rings. The van der Waals surface area contributed by atoms with Crippen LogP contribution in [-0.4, -0.2) is 60.7 Å². The zero-order valence-electron chi connectivity index (χ0n) is 20.1. The Morgan fingerprint density at radius 3 is 2.36 bits per heavy atom. The molecule has 2 aromatic carbocycles. The molecule has 168 valence electrons. The van der Waals surface area contributed by atoms with E-state index in [9.17, 15) is 0 Å². The molecule has 2 heterocycles. The first-order valence-corrected chi connectivity index (χ1v) is 13.0. The van der Waals surface area contributed by atoms with E-state index in [0.29, 0.717) is 6.61 Å². The van der Waals surface area contributed by atoms with Gasteiger partial charge in [0.25, 0.3) is 0 Å². The number of hydrogen-bond acceptors (Lipinski definition) is 3. The van der Waals surface area contributed by atoms with Gasteiger partial charge >= 0.3 is 202 Å². The molecule has 0 fully saturated rings. The average Bonchev–Trinajstić information content (AvgIpc) is 3.16. The monoisotopic (exact) mass is 504 g/mol. The second kappa shape index (κ2) is 8.16. The molecule has 0 atom stereocenters. The Kier molecular flexibility index (Phi) is 5.42. The second-order valence-electron chi connectivity index (χ2n) is 9.69. The summed E-state index contributed by atoms with van der Waals surface area (Å²) in [6, 6.07) is 22.3. The van der Waals surface area contributed by atoms with E-state index < -0.39 is 0 Å². The Morgan fingerprint density at radius 2 is 1.70 bits per heavy atom. The van der Waals surface area contributed by atoms with Crippen LogP contribution in [0, 0.1) is 0 Å². The standard InChI is InChI=1S/C28H30N3OSe/c1-28(2)17-32-27(29-28)21-10-8-7-9-20(21)26-22-13-11-18(30(3)4)15-24(22)33-25-16-19(31(5)6)12-14-23(25)26/h7-16H,17H2,1-6H3/q+1. The van der Waals surface area contributed by atoms with Crippen LogP contribution in [0.3, 0.4) is 0 Å². The van der Waals surface area contributed by atoms with Gasteiger partial charge in [-0.3, -0.25) is 0 Å². The van der Waals surface area contributed by atoms with Crippen molar-refractivity contribution in [3.8, 4) is 21.1 Å². The number of aliphatic imine (C=N–C) groups is 1. The molecule has 5 rings (SSSR count). The molecular formula is C28H30N3OSe+. The quantitative estimate of drug-likeness (QED) is 0.237. The Labute approximate surface area is 201 Å². The van der Waals surface area contributed by atoms with Crippen LogP contribution in [-0.2, 0) is 4.74 Å². The molecule has 0 N–H and O–H groups in total. The van der Waals surface area contributed by atoms with Gasteiger partial charge in [0.05, 0.1) is 0 Å². The van der Waals surface area contributed by atoms with Gasteiger partial charge in [-0.2, -0.15) is 0 Å². The summed E-state index contributed by atoms with van der Waals surface area (Å²) in [7, 11) is 8.42. The fraction of sp³-hybridized carbons (Fsp3) is 0.286. The second-order valence-corrected chi connectivity index (χ2v) is 12.0. The number of benzene rings is 3. The molecule has 0 aromatic heterocycles. The zero-order chi connectivity index (χ0) is 23.3. The van der Waals surface area contributed by atoms with E-state index >= 15 is 0 Å². The van der Waals surface area contributed by atoms with Gasteiger partial charge in [0.15, 0.2) is 0 Å². The van der Waals surface area contributed by atoms with Gasteiger partial charge < -0.3 is 0 Å². The van der Waals surface area contributed by atoms with Crippen molar-refractivity contribution in [1.82, 2.24) is 4.58 Å². The Morgan fingerprint density at radius 1 is 0.939 bits per heavy atom. The van der Waals surface area contributed by atoms with Crippen molar-refractivity contribution in [1.29, 1.82) is 0 Å². The fourth-order valence-corrected chi connectivity index (χ4v) is 6.75. The molecule has 0 saturated carbocycles. The summed E-state index contributed by atoms with van der Waals surface area (Å²) < 4.78 is 11.1. The maximum atomic E-state index is 6.09. The van der Waals surface area contributed by atoms with E-state index in [2.05, 4.69) is 112 Å². The number of fused-ring (bicyclic) bond motifs is 2. The van der Waals surface area contributed by atoms with Gasteiger partial charge in [-0.15, -0.1) is 0 Å². The third-order valence-corrected chi connectivity index (χ3v) is 8.46. The van der Waals surface area contributed by atoms with Crippen LogP contribution in [0.15, 0.2) is 65.7 Å². The van der Waals surface area contributed by atoms with Crippen molar-refractivity contribution in [2.75, 3.05) is 39.7 Å². The zero-order valence-corrected chi connectivity index (χ0v) is 21.9. The van der Waals surface area contributed by atoms with Gasteiger partial charge in [0.1, 0.15) is 0 Å². The number of anilines is 1. The van der Waals surface area contributed by atoms with E-state index in [1.165, 1.54) is 41.8 Å². The molecule has 0 saturated heterocycles. The van der Waals surface area contributed by atoms with Crippen molar-refractivity contribution in [2.45, 2.75) is 19.4 Å². The molecule has 1 aliphatic carbocycles. The molecule has 4 nitrogen and oxygen atoms in total. The van der Waals surface area contributed by atoms with Gasteiger partial charge in [0, 0.05) is 0 Å². The molecule has 5 heteroatoms. The van der Waals surface area contributed by atoms with E-state index in [4.69, 9.17) is 9.73 Å². The van der Waals surface area contributed by atoms with Crippen LogP contribution in [0.5, 0.6) is 0 Å². The average molecular weight is 504 g/mol. The van der Waals surface area contributed by atoms with Crippen LogP contribution in [0.25, 0.3) is 30.8 Å². The third kappa shape index (κ3) is 4.01. The van der Waals surface area contributed by atoms with E-state index in [1.54, 1.807) is 0 Å². The Bertz CT molecular complexity index is 1440. The van der Waals surface area contributed by atoms with Crippen LogP contribution >= 0.6 is 0 Å². The minimum atomic E-state index is -0.195. The number of ether oxygens (including phenoxy) is 1. The summed E-state index contributed by atoms with van der Waals surface area (Å²) in [5.74, 6) is 0.747. The first-order chi connectivity index (χ1) is 15.7. The molecule has 0 radical (unpaired) electrons. The molecule has 0 spiro atoms. The molecule has 0 unspecified atom stereocenters. The predicted molar refractivity (Wildman–Crippen MR) is 141 cm³/mol. The molecular weight excluding hydrogens is 473 g/mol. The summed E-state index contributed by atoms with van der Waals surface area (Å²) >= 11 is 0.227. The first kappa shape index (κ1) is 21.9. The van der Waals surface area contributed by atoms with Crippen molar-refractivity contribution in [2.24, 2.45) is 4.99 Å². The summed E-state index contributed by atoms with van der Waals surface area (Å²) in [5, 5.41) is 2.55. The predicted octanol–water partition coefficient (Wildman–Crippen LogP) is 4.32.